The standard InChI is InChI=1S/C16H17ClN2O2/c1-16(2)11-19(15(20)21)9-7-13(16)5-3-4-12-6-8-18-14(17)10-12/h5-6,8,10H,7,9,11H2,1-2H3,(H,20,21)/b13-5+. The van der Waals surface area contributed by atoms with E-state index in [4.69, 9.17) is 16.7 Å². The van der Waals surface area contributed by atoms with E-state index >= 15 is 0 Å². The summed E-state index contributed by atoms with van der Waals surface area (Å²) in [6, 6.07) is 3.51. The van der Waals surface area contributed by atoms with E-state index in [1.165, 1.54) is 10.5 Å². The third kappa shape index (κ3) is 3.99. The molecule has 0 radical (unpaired) electrons. The van der Waals surface area contributed by atoms with Crippen LogP contribution in [0, 0.1) is 17.3 Å². The summed E-state index contributed by atoms with van der Waals surface area (Å²) in [6.07, 6.45) is 3.37. The molecule has 0 saturated carbocycles. The van der Waals surface area contributed by atoms with Gasteiger partial charge in [-0.1, -0.05) is 42.9 Å². The maximum absolute atomic E-state index is 11.0. The lowest BCUT2D eigenvalue weighted by atomic mass is 9.79. The van der Waals surface area contributed by atoms with Crippen LogP contribution in [0.4, 0.5) is 4.79 Å². The van der Waals surface area contributed by atoms with E-state index in [0.29, 0.717) is 24.7 Å². The van der Waals surface area contributed by atoms with E-state index in [-0.39, 0.29) is 5.41 Å². The number of piperidine rings is 1. The Labute approximate surface area is 129 Å². The van der Waals surface area contributed by atoms with Crippen molar-refractivity contribution < 1.29 is 9.90 Å². The van der Waals surface area contributed by atoms with Crippen LogP contribution in [0.2, 0.25) is 5.15 Å². The summed E-state index contributed by atoms with van der Waals surface area (Å²) in [7, 11) is 0. The summed E-state index contributed by atoms with van der Waals surface area (Å²) in [5.41, 5.74) is 1.79. The number of hydrogen-bond donors (Lipinski definition) is 1. The number of pyridine rings is 1. The highest BCUT2D eigenvalue weighted by molar-refractivity contribution is 6.29. The molecule has 1 N–H and O–H groups in total. The van der Waals surface area contributed by atoms with Crippen LogP contribution in [0.1, 0.15) is 25.8 Å². The summed E-state index contributed by atoms with van der Waals surface area (Å²) >= 11 is 5.81. The molecule has 1 aromatic rings. The summed E-state index contributed by atoms with van der Waals surface area (Å²) in [5, 5.41) is 9.49. The van der Waals surface area contributed by atoms with Crippen molar-refractivity contribution in [3.63, 3.8) is 0 Å². The summed E-state index contributed by atoms with van der Waals surface area (Å²) in [4.78, 5) is 16.4. The van der Waals surface area contributed by atoms with Gasteiger partial charge in [0, 0.05) is 30.3 Å². The maximum Gasteiger partial charge on any atom is 0.407 e. The fraction of sp³-hybridized carbons (Fsp3) is 0.375. The number of amides is 1. The Morgan fingerprint density at radius 2 is 2.33 bits per heavy atom. The minimum atomic E-state index is -0.861. The molecule has 2 heterocycles. The molecule has 0 bridgehead atoms. The van der Waals surface area contributed by atoms with Crippen molar-refractivity contribution in [2.45, 2.75) is 20.3 Å². The lowest BCUT2D eigenvalue weighted by Crippen LogP contribution is -2.44. The van der Waals surface area contributed by atoms with Gasteiger partial charge < -0.3 is 10.0 Å². The Hall–Kier alpha value is -1.99. The number of nitrogens with zero attached hydrogens (tertiary/aromatic N) is 2. The average Bonchev–Trinajstić information content (AvgIpc) is 2.40. The van der Waals surface area contributed by atoms with E-state index in [9.17, 15) is 4.79 Å². The molecule has 0 atom stereocenters. The summed E-state index contributed by atoms with van der Waals surface area (Å²) in [5.74, 6) is 6.06. The van der Waals surface area contributed by atoms with Crippen LogP contribution in [0.3, 0.4) is 0 Å². The highest BCUT2D eigenvalue weighted by atomic mass is 35.5. The third-order valence-corrected chi connectivity index (χ3v) is 3.77. The first kappa shape index (κ1) is 15.4. The van der Waals surface area contributed by atoms with E-state index < -0.39 is 6.09 Å². The van der Waals surface area contributed by atoms with Gasteiger partial charge in [0.25, 0.3) is 0 Å². The molecule has 1 aliphatic rings. The van der Waals surface area contributed by atoms with Crippen molar-refractivity contribution in [1.29, 1.82) is 0 Å². The summed E-state index contributed by atoms with van der Waals surface area (Å²) in [6.45, 7) is 5.10. The molecule has 21 heavy (non-hydrogen) atoms. The van der Waals surface area contributed by atoms with Crippen molar-refractivity contribution >= 4 is 17.7 Å². The summed E-state index contributed by atoms with van der Waals surface area (Å²) < 4.78 is 0. The molecule has 1 saturated heterocycles. The molecule has 1 amide bonds. The number of hydrogen-bond acceptors (Lipinski definition) is 2. The third-order valence-electron chi connectivity index (χ3n) is 3.57. The quantitative estimate of drug-likeness (QED) is 0.590. The van der Waals surface area contributed by atoms with Crippen molar-refractivity contribution in [2.24, 2.45) is 5.41 Å². The van der Waals surface area contributed by atoms with E-state index in [0.717, 1.165) is 5.56 Å². The number of aromatic nitrogens is 1. The second-order valence-electron chi connectivity index (χ2n) is 5.64. The zero-order valence-electron chi connectivity index (χ0n) is 12.1. The molecular weight excluding hydrogens is 288 g/mol. The molecule has 0 aliphatic carbocycles. The number of carboxylic acid groups (broad SMARTS) is 1. The Morgan fingerprint density at radius 3 is 2.95 bits per heavy atom. The molecule has 1 aliphatic heterocycles. The van der Waals surface area contributed by atoms with Gasteiger partial charge in [-0.15, -0.1) is 0 Å². The SMILES string of the molecule is CC1(C)CN(C(=O)O)CC/C1=C\C#Cc1ccnc(Cl)c1. The fourth-order valence-corrected chi connectivity index (χ4v) is 2.54. The highest BCUT2D eigenvalue weighted by Gasteiger charge is 2.32. The van der Waals surface area contributed by atoms with Crippen LogP contribution in [0.15, 0.2) is 30.0 Å². The maximum atomic E-state index is 11.0. The Morgan fingerprint density at radius 1 is 1.57 bits per heavy atom. The lowest BCUT2D eigenvalue weighted by molar-refractivity contribution is 0.117. The highest BCUT2D eigenvalue weighted by Crippen LogP contribution is 2.34. The molecule has 5 heteroatoms. The molecule has 110 valence electrons. The molecule has 1 aromatic heterocycles. The van der Waals surface area contributed by atoms with Crippen LogP contribution >= 0.6 is 11.6 Å². The zero-order valence-corrected chi connectivity index (χ0v) is 12.8. The largest absolute Gasteiger partial charge is 0.465 e. The molecular formula is C16H17ClN2O2. The van der Waals surface area contributed by atoms with Gasteiger partial charge in [-0.2, -0.15) is 0 Å². The number of rotatable bonds is 0. The molecule has 4 nitrogen and oxygen atoms in total. The van der Waals surface area contributed by atoms with Crippen LogP contribution in [0.5, 0.6) is 0 Å². The Balaban J connectivity index is 2.14. The van der Waals surface area contributed by atoms with Crippen molar-refractivity contribution in [3.8, 4) is 11.8 Å². The topological polar surface area (TPSA) is 53.4 Å². The van der Waals surface area contributed by atoms with Crippen LogP contribution in [-0.4, -0.2) is 34.2 Å². The fourth-order valence-electron chi connectivity index (χ4n) is 2.37. The van der Waals surface area contributed by atoms with Crippen molar-refractivity contribution in [3.05, 3.63) is 40.7 Å². The van der Waals surface area contributed by atoms with Gasteiger partial charge in [-0.05, 0) is 24.6 Å². The molecule has 0 spiro atoms. The predicted molar refractivity (Wildman–Crippen MR) is 82.2 cm³/mol. The first-order valence-electron chi connectivity index (χ1n) is 6.69. The number of allylic oxidation sites excluding steroid dienone is 1. The van der Waals surface area contributed by atoms with E-state index in [1.807, 2.05) is 19.9 Å². The first-order valence-corrected chi connectivity index (χ1v) is 7.07. The van der Waals surface area contributed by atoms with Gasteiger partial charge in [0.15, 0.2) is 0 Å². The normalized spacial score (nSPS) is 19.0. The van der Waals surface area contributed by atoms with Crippen LogP contribution < -0.4 is 0 Å². The minimum absolute atomic E-state index is 0.193. The second-order valence-corrected chi connectivity index (χ2v) is 6.03. The monoisotopic (exact) mass is 304 g/mol. The predicted octanol–water partition coefficient (Wildman–Crippen LogP) is 3.42. The van der Waals surface area contributed by atoms with Gasteiger partial charge in [0.05, 0.1) is 0 Å². The Bertz CT molecular complexity index is 641. The van der Waals surface area contributed by atoms with E-state index in [1.54, 1.807) is 18.3 Å². The number of carbonyl (C=O) groups is 1. The van der Waals surface area contributed by atoms with Crippen molar-refractivity contribution in [1.82, 2.24) is 9.88 Å². The second kappa shape index (κ2) is 6.19. The van der Waals surface area contributed by atoms with Crippen molar-refractivity contribution in [2.75, 3.05) is 13.1 Å². The van der Waals surface area contributed by atoms with Gasteiger partial charge in [-0.25, -0.2) is 9.78 Å². The van der Waals surface area contributed by atoms with Crippen LogP contribution in [-0.2, 0) is 0 Å². The number of halogens is 1. The molecule has 0 aromatic carbocycles. The smallest absolute Gasteiger partial charge is 0.407 e. The first-order chi connectivity index (χ1) is 9.88. The van der Waals surface area contributed by atoms with Gasteiger partial charge in [0.1, 0.15) is 5.15 Å². The van der Waals surface area contributed by atoms with Gasteiger partial charge >= 0.3 is 6.09 Å². The molecule has 2 rings (SSSR count). The zero-order chi connectivity index (χ0) is 15.5. The van der Waals surface area contributed by atoms with Gasteiger partial charge in [0.2, 0.25) is 0 Å². The van der Waals surface area contributed by atoms with E-state index in [2.05, 4.69) is 16.8 Å². The van der Waals surface area contributed by atoms with Gasteiger partial charge in [-0.3, -0.25) is 0 Å². The lowest BCUT2D eigenvalue weighted by Gasteiger charge is -2.38. The minimum Gasteiger partial charge on any atom is -0.465 e. The average molecular weight is 305 g/mol. The molecule has 0 unspecified atom stereocenters. The molecule has 1 fully saturated rings. The number of likely N-dealkylation sites (tertiary alicyclic amines) is 1. The Kier molecular flexibility index (Phi) is 4.54. The van der Waals surface area contributed by atoms with Crippen LogP contribution in [0.25, 0.3) is 0 Å².